The molecule has 1 aromatic rings. The van der Waals surface area contributed by atoms with Crippen molar-refractivity contribution in [3.05, 3.63) is 11.9 Å². The molecule has 0 aliphatic rings. The van der Waals surface area contributed by atoms with Crippen LogP contribution in [0.15, 0.2) is 6.33 Å². The topological polar surface area (TPSA) is 90.1 Å². The summed E-state index contributed by atoms with van der Waals surface area (Å²) in [6.45, 7) is 4.72. The van der Waals surface area contributed by atoms with Crippen LogP contribution in [0.25, 0.3) is 0 Å². The van der Waals surface area contributed by atoms with Crippen LogP contribution in [-0.2, 0) is 9.53 Å². The zero-order valence-corrected chi connectivity index (χ0v) is 10.2. The van der Waals surface area contributed by atoms with Gasteiger partial charge in [0.25, 0.3) is 0 Å². The zero-order valence-electron chi connectivity index (χ0n) is 10.2. The molecule has 0 bridgehead atoms. The highest BCUT2D eigenvalue weighted by Gasteiger charge is 2.04. The van der Waals surface area contributed by atoms with E-state index < -0.39 is 0 Å². The average Bonchev–Trinajstić information content (AvgIpc) is 2.30. The molecule has 0 aliphatic carbocycles. The van der Waals surface area contributed by atoms with Crippen molar-refractivity contribution in [3.8, 4) is 0 Å². The first kappa shape index (κ1) is 13.2. The largest absolute Gasteiger partial charge is 0.466 e. The van der Waals surface area contributed by atoms with Gasteiger partial charge >= 0.3 is 5.97 Å². The van der Waals surface area contributed by atoms with Crippen LogP contribution >= 0.6 is 0 Å². The van der Waals surface area contributed by atoms with Gasteiger partial charge in [-0.1, -0.05) is 0 Å². The van der Waals surface area contributed by atoms with Crippen LogP contribution in [0.4, 0.5) is 11.6 Å². The highest BCUT2D eigenvalue weighted by atomic mass is 16.5. The highest BCUT2D eigenvalue weighted by molar-refractivity contribution is 5.69. The maximum atomic E-state index is 11.1. The molecule has 0 saturated heterocycles. The second-order valence-corrected chi connectivity index (χ2v) is 3.57. The lowest BCUT2D eigenvalue weighted by atomic mass is 10.3. The number of rotatable bonds is 6. The molecule has 17 heavy (non-hydrogen) atoms. The first-order valence-corrected chi connectivity index (χ1v) is 5.61. The SMILES string of the molecule is CCOC(=O)CCCNc1ncnc(N)c1C. The van der Waals surface area contributed by atoms with Crippen molar-refractivity contribution in [1.82, 2.24) is 9.97 Å². The van der Waals surface area contributed by atoms with Gasteiger partial charge in [-0.3, -0.25) is 4.79 Å². The van der Waals surface area contributed by atoms with E-state index in [0.717, 1.165) is 5.56 Å². The Morgan fingerprint density at radius 1 is 1.53 bits per heavy atom. The quantitative estimate of drug-likeness (QED) is 0.570. The number of hydrogen-bond acceptors (Lipinski definition) is 6. The molecule has 6 heteroatoms. The minimum Gasteiger partial charge on any atom is -0.466 e. The molecule has 3 N–H and O–H groups in total. The van der Waals surface area contributed by atoms with E-state index in [0.29, 0.717) is 37.6 Å². The number of ether oxygens (including phenoxy) is 1. The van der Waals surface area contributed by atoms with Crippen molar-refractivity contribution in [2.75, 3.05) is 24.2 Å². The lowest BCUT2D eigenvalue weighted by Crippen LogP contribution is -2.10. The Bertz CT molecular complexity index is 382. The summed E-state index contributed by atoms with van der Waals surface area (Å²) in [6, 6.07) is 0. The first-order valence-electron chi connectivity index (χ1n) is 5.61. The molecule has 0 radical (unpaired) electrons. The summed E-state index contributed by atoms with van der Waals surface area (Å²) in [5.74, 6) is 1.00. The number of esters is 1. The van der Waals surface area contributed by atoms with Crippen LogP contribution < -0.4 is 11.1 Å². The van der Waals surface area contributed by atoms with Crippen LogP contribution in [0.1, 0.15) is 25.3 Å². The number of nitrogens with one attached hydrogen (secondary N) is 1. The number of nitrogens with zero attached hydrogens (tertiary/aromatic N) is 2. The highest BCUT2D eigenvalue weighted by Crippen LogP contribution is 2.14. The Morgan fingerprint density at radius 2 is 2.29 bits per heavy atom. The molecule has 0 spiro atoms. The molecule has 6 nitrogen and oxygen atoms in total. The van der Waals surface area contributed by atoms with Crippen molar-refractivity contribution in [3.63, 3.8) is 0 Å². The van der Waals surface area contributed by atoms with E-state index in [4.69, 9.17) is 10.5 Å². The molecular formula is C11H18N4O2. The standard InChI is InChI=1S/C11H18N4O2/c1-3-17-9(16)5-4-6-13-11-8(2)10(12)14-7-15-11/h7H,3-6H2,1-2H3,(H3,12,13,14,15). The third kappa shape index (κ3) is 4.26. The van der Waals surface area contributed by atoms with Gasteiger partial charge in [-0.25, -0.2) is 9.97 Å². The third-order valence-corrected chi connectivity index (χ3v) is 2.28. The fourth-order valence-electron chi connectivity index (χ4n) is 1.31. The van der Waals surface area contributed by atoms with Gasteiger partial charge < -0.3 is 15.8 Å². The van der Waals surface area contributed by atoms with Crippen LogP contribution in [0.5, 0.6) is 0 Å². The summed E-state index contributed by atoms with van der Waals surface area (Å²) in [5.41, 5.74) is 6.47. The van der Waals surface area contributed by atoms with E-state index >= 15 is 0 Å². The Morgan fingerprint density at radius 3 is 3.00 bits per heavy atom. The summed E-state index contributed by atoms with van der Waals surface area (Å²) in [4.78, 5) is 19.0. The number of hydrogen-bond donors (Lipinski definition) is 2. The van der Waals surface area contributed by atoms with E-state index in [1.165, 1.54) is 6.33 Å². The van der Waals surface area contributed by atoms with Gasteiger partial charge in [0.15, 0.2) is 0 Å². The number of carbonyl (C=O) groups is 1. The molecule has 0 amide bonds. The Labute approximate surface area is 101 Å². The van der Waals surface area contributed by atoms with Crippen molar-refractivity contribution in [2.24, 2.45) is 0 Å². The van der Waals surface area contributed by atoms with Gasteiger partial charge in [-0.15, -0.1) is 0 Å². The third-order valence-electron chi connectivity index (χ3n) is 2.28. The minimum atomic E-state index is -0.173. The maximum absolute atomic E-state index is 11.1. The van der Waals surface area contributed by atoms with Crippen LogP contribution in [0.3, 0.4) is 0 Å². The smallest absolute Gasteiger partial charge is 0.305 e. The number of carbonyl (C=O) groups excluding carboxylic acids is 1. The Kier molecular flexibility index (Phi) is 5.19. The maximum Gasteiger partial charge on any atom is 0.305 e. The van der Waals surface area contributed by atoms with Crippen molar-refractivity contribution < 1.29 is 9.53 Å². The average molecular weight is 238 g/mol. The van der Waals surface area contributed by atoms with Gasteiger partial charge in [0.1, 0.15) is 18.0 Å². The van der Waals surface area contributed by atoms with E-state index in [2.05, 4.69) is 15.3 Å². The first-order chi connectivity index (χ1) is 8.15. The van der Waals surface area contributed by atoms with E-state index in [-0.39, 0.29) is 5.97 Å². The lowest BCUT2D eigenvalue weighted by Gasteiger charge is -2.08. The van der Waals surface area contributed by atoms with Crippen molar-refractivity contribution in [2.45, 2.75) is 26.7 Å². The van der Waals surface area contributed by atoms with Crippen molar-refractivity contribution in [1.29, 1.82) is 0 Å². The fraction of sp³-hybridized carbons (Fsp3) is 0.545. The van der Waals surface area contributed by atoms with E-state index in [1.807, 2.05) is 6.92 Å². The Balaban J connectivity index is 2.31. The monoisotopic (exact) mass is 238 g/mol. The van der Waals surface area contributed by atoms with Gasteiger partial charge in [0, 0.05) is 18.5 Å². The minimum absolute atomic E-state index is 0.173. The number of nitrogen functional groups attached to an aromatic ring is 1. The van der Waals surface area contributed by atoms with Gasteiger partial charge in [0.2, 0.25) is 0 Å². The molecule has 0 unspecified atom stereocenters. The molecule has 0 fully saturated rings. The molecule has 1 rings (SSSR count). The molecule has 0 saturated carbocycles. The lowest BCUT2D eigenvalue weighted by molar-refractivity contribution is -0.143. The van der Waals surface area contributed by atoms with Gasteiger partial charge in [0.05, 0.1) is 6.61 Å². The normalized spacial score (nSPS) is 10.0. The summed E-state index contributed by atoms with van der Waals surface area (Å²) in [5, 5.41) is 3.11. The van der Waals surface area contributed by atoms with Crippen LogP contribution in [-0.4, -0.2) is 29.1 Å². The van der Waals surface area contributed by atoms with Crippen LogP contribution in [0.2, 0.25) is 0 Å². The van der Waals surface area contributed by atoms with E-state index in [1.54, 1.807) is 6.92 Å². The van der Waals surface area contributed by atoms with E-state index in [9.17, 15) is 4.79 Å². The molecule has 0 atom stereocenters. The summed E-state index contributed by atoms with van der Waals surface area (Å²) < 4.78 is 4.82. The zero-order chi connectivity index (χ0) is 12.7. The fourth-order valence-corrected chi connectivity index (χ4v) is 1.31. The number of aromatic nitrogens is 2. The molecule has 1 heterocycles. The molecule has 94 valence electrons. The van der Waals surface area contributed by atoms with Crippen molar-refractivity contribution >= 4 is 17.6 Å². The molecule has 0 aromatic carbocycles. The summed E-state index contributed by atoms with van der Waals surface area (Å²) in [7, 11) is 0. The number of nitrogens with two attached hydrogens (primary N) is 1. The Hall–Kier alpha value is -1.85. The molecule has 0 aliphatic heterocycles. The van der Waals surface area contributed by atoms with Gasteiger partial charge in [-0.2, -0.15) is 0 Å². The predicted octanol–water partition coefficient (Wildman–Crippen LogP) is 1.12. The number of anilines is 2. The summed E-state index contributed by atoms with van der Waals surface area (Å²) in [6.07, 6.45) is 2.51. The predicted molar refractivity (Wildman–Crippen MR) is 65.5 cm³/mol. The second kappa shape index (κ2) is 6.67. The molecule has 1 aromatic heterocycles. The second-order valence-electron chi connectivity index (χ2n) is 3.57. The van der Waals surface area contributed by atoms with Gasteiger partial charge in [-0.05, 0) is 20.3 Å². The van der Waals surface area contributed by atoms with Crippen LogP contribution in [0, 0.1) is 6.92 Å². The molecular weight excluding hydrogens is 220 g/mol. The summed E-state index contributed by atoms with van der Waals surface area (Å²) >= 11 is 0.